The van der Waals surface area contributed by atoms with E-state index in [0.717, 1.165) is 0 Å². The Morgan fingerprint density at radius 1 is 0.917 bits per heavy atom. The van der Waals surface area contributed by atoms with Crippen molar-refractivity contribution in [3.8, 4) is 0 Å². The number of hydrogen-bond acceptors (Lipinski definition) is 6. The van der Waals surface area contributed by atoms with Gasteiger partial charge in [-0.2, -0.15) is 8.42 Å². The van der Waals surface area contributed by atoms with E-state index in [1.165, 1.54) is 0 Å². The Morgan fingerprint density at radius 3 is 1.58 bits per heavy atom. The Morgan fingerprint density at radius 2 is 1.33 bits per heavy atom. The summed E-state index contributed by atoms with van der Waals surface area (Å²) in [6.45, 7) is 0.357. The molecule has 2 saturated heterocycles. The Bertz CT molecular complexity index is 206. The quantitative estimate of drug-likeness (QED) is 0.556. The molecule has 4 atom stereocenters. The van der Waals surface area contributed by atoms with Gasteiger partial charge >= 0.3 is 22.7 Å². The van der Waals surface area contributed by atoms with Crippen molar-refractivity contribution in [1.29, 1.82) is 0 Å². The van der Waals surface area contributed by atoms with Gasteiger partial charge in [-0.3, -0.25) is 16.7 Å². The molecule has 8 heteroatoms. The fourth-order valence-electron chi connectivity index (χ4n) is 0.897. The minimum atomic E-state index is -1.69. The summed E-state index contributed by atoms with van der Waals surface area (Å²) in [7, 11) is 0. The first-order chi connectivity index (χ1) is 5.75. The molecule has 6 nitrogen and oxygen atoms in total. The van der Waals surface area contributed by atoms with E-state index in [-0.39, 0.29) is 13.2 Å². The smallest absolute Gasteiger partial charge is 0.266 e. The van der Waals surface area contributed by atoms with Crippen LogP contribution in [0.2, 0.25) is 0 Å². The largest absolute Gasteiger partial charge is 0.305 e. The summed E-state index contributed by atoms with van der Waals surface area (Å²) >= 11 is -3.39. The fourth-order valence-corrected chi connectivity index (χ4v) is 2.26. The van der Waals surface area contributed by atoms with Crippen LogP contribution in [0, 0.1) is 0 Å². The minimum Gasteiger partial charge on any atom is -0.266 e. The minimum absolute atomic E-state index is 0.178. The van der Waals surface area contributed by atoms with Gasteiger partial charge in [0.1, 0.15) is 12.2 Å². The molecule has 0 N–H and O–H groups in total. The zero-order chi connectivity index (χ0) is 8.55. The normalized spacial score (nSPS) is 48.3. The van der Waals surface area contributed by atoms with Gasteiger partial charge in [-0.05, 0) is 0 Å². The van der Waals surface area contributed by atoms with E-state index in [0.29, 0.717) is 0 Å². The van der Waals surface area contributed by atoms with Crippen molar-refractivity contribution in [3.63, 3.8) is 0 Å². The van der Waals surface area contributed by atoms with E-state index in [9.17, 15) is 8.42 Å². The summed E-state index contributed by atoms with van der Waals surface area (Å²) in [5, 5.41) is 0. The van der Waals surface area contributed by atoms with Crippen LogP contribution in [0.4, 0.5) is 0 Å². The molecule has 0 aromatic carbocycles. The molecular weight excluding hydrogens is 208 g/mol. The van der Waals surface area contributed by atoms with Crippen molar-refractivity contribution >= 4 is 22.7 Å². The van der Waals surface area contributed by atoms with Gasteiger partial charge in [-0.15, -0.1) is 0 Å². The van der Waals surface area contributed by atoms with Gasteiger partial charge in [-0.25, -0.2) is 0 Å². The van der Waals surface area contributed by atoms with Crippen molar-refractivity contribution < 1.29 is 25.2 Å². The molecule has 4 unspecified atom stereocenters. The molecule has 0 aliphatic carbocycles. The summed E-state index contributed by atoms with van der Waals surface area (Å²) in [4.78, 5) is 0. The maximum Gasteiger partial charge on any atom is 0.305 e. The van der Waals surface area contributed by atoms with Gasteiger partial charge in [0, 0.05) is 0 Å². The summed E-state index contributed by atoms with van der Waals surface area (Å²) in [5.74, 6) is 0. The molecule has 0 aromatic heterocycles. The lowest BCUT2D eigenvalue weighted by atomic mass is 10.2. The third-order valence-corrected chi connectivity index (χ3v) is 2.94. The topological polar surface area (TPSA) is 71.1 Å². The van der Waals surface area contributed by atoms with E-state index < -0.39 is 34.9 Å². The Balaban J connectivity index is 1.93. The first-order valence-corrected chi connectivity index (χ1v) is 5.20. The Labute approximate surface area is 73.9 Å². The van der Waals surface area contributed by atoms with Crippen LogP contribution in [0.25, 0.3) is 0 Å². The van der Waals surface area contributed by atoms with Crippen LogP contribution in [-0.4, -0.2) is 33.8 Å². The van der Waals surface area contributed by atoms with Crippen molar-refractivity contribution in [3.05, 3.63) is 0 Å². The predicted octanol–water partition coefficient (Wildman–Crippen LogP) is -1.03. The molecule has 12 heavy (non-hydrogen) atoms. The lowest BCUT2D eigenvalue weighted by molar-refractivity contribution is 0.0880. The second-order valence-electron chi connectivity index (χ2n) is 2.25. The SMILES string of the molecule is O=S1OCC(C2COS(=O)O2)O1. The van der Waals surface area contributed by atoms with Crippen LogP contribution in [0.5, 0.6) is 0 Å². The monoisotopic (exact) mass is 214 g/mol. The van der Waals surface area contributed by atoms with Crippen molar-refractivity contribution in [2.45, 2.75) is 12.2 Å². The van der Waals surface area contributed by atoms with E-state index in [4.69, 9.17) is 8.37 Å². The van der Waals surface area contributed by atoms with E-state index >= 15 is 0 Å². The first kappa shape index (κ1) is 8.73. The van der Waals surface area contributed by atoms with Gasteiger partial charge in [-0.1, -0.05) is 0 Å². The van der Waals surface area contributed by atoms with Crippen LogP contribution >= 0.6 is 0 Å². The zero-order valence-electron chi connectivity index (χ0n) is 5.83. The van der Waals surface area contributed by atoms with Crippen LogP contribution < -0.4 is 0 Å². The van der Waals surface area contributed by atoms with E-state index in [2.05, 4.69) is 8.37 Å². The maximum absolute atomic E-state index is 10.6. The Hall–Kier alpha value is 0.140. The highest BCUT2D eigenvalue weighted by Gasteiger charge is 2.37. The van der Waals surface area contributed by atoms with Crippen LogP contribution in [-0.2, 0) is 39.5 Å². The first-order valence-electron chi connectivity index (χ1n) is 3.20. The summed E-state index contributed by atoms with van der Waals surface area (Å²) < 4.78 is 40.0. The molecule has 0 amide bonds. The third-order valence-electron chi connectivity index (χ3n) is 1.48. The molecule has 70 valence electrons. The summed E-state index contributed by atoms with van der Waals surface area (Å²) in [6, 6.07) is 0. The molecule has 0 spiro atoms. The van der Waals surface area contributed by atoms with Crippen molar-refractivity contribution in [2.24, 2.45) is 0 Å². The molecule has 2 aliphatic heterocycles. The zero-order valence-corrected chi connectivity index (χ0v) is 7.47. The van der Waals surface area contributed by atoms with Crippen molar-refractivity contribution in [2.75, 3.05) is 13.2 Å². The second-order valence-corrected chi connectivity index (χ2v) is 3.92. The number of hydrogen-bond donors (Lipinski definition) is 0. The summed E-state index contributed by atoms with van der Waals surface area (Å²) in [6.07, 6.45) is -0.894. The average molecular weight is 214 g/mol. The molecule has 2 heterocycles. The molecule has 0 bridgehead atoms. The summed E-state index contributed by atoms with van der Waals surface area (Å²) in [5.41, 5.74) is 0. The van der Waals surface area contributed by atoms with Crippen molar-refractivity contribution in [1.82, 2.24) is 0 Å². The van der Waals surface area contributed by atoms with Crippen LogP contribution in [0.15, 0.2) is 0 Å². The molecule has 0 radical (unpaired) electrons. The molecule has 0 saturated carbocycles. The lowest BCUT2D eigenvalue weighted by Gasteiger charge is -2.08. The highest BCUT2D eigenvalue weighted by atomic mass is 32.2. The third kappa shape index (κ3) is 1.73. The van der Waals surface area contributed by atoms with Crippen LogP contribution in [0.3, 0.4) is 0 Å². The number of rotatable bonds is 1. The van der Waals surface area contributed by atoms with Gasteiger partial charge in [0.05, 0.1) is 13.2 Å². The van der Waals surface area contributed by atoms with Gasteiger partial charge in [0.15, 0.2) is 0 Å². The molecule has 2 fully saturated rings. The maximum atomic E-state index is 10.6. The van der Waals surface area contributed by atoms with Gasteiger partial charge < -0.3 is 0 Å². The highest BCUT2D eigenvalue weighted by Crippen LogP contribution is 2.20. The Kier molecular flexibility index (Phi) is 2.53. The van der Waals surface area contributed by atoms with E-state index in [1.807, 2.05) is 0 Å². The molecule has 2 aliphatic rings. The standard InChI is InChI=1S/C4H6O6S2/c5-11-7-1-3(9-11)4-2-8-12(6)10-4/h3-4H,1-2H2. The molecule has 0 aromatic rings. The van der Waals surface area contributed by atoms with E-state index in [1.54, 1.807) is 0 Å². The second kappa shape index (κ2) is 3.48. The predicted molar refractivity (Wildman–Crippen MR) is 37.9 cm³/mol. The molecule has 2 rings (SSSR count). The average Bonchev–Trinajstić information content (AvgIpc) is 2.58. The molecular formula is C4H6O6S2. The van der Waals surface area contributed by atoms with Crippen LogP contribution in [0.1, 0.15) is 0 Å². The highest BCUT2D eigenvalue weighted by molar-refractivity contribution is 7.75. The van der Waals surface area contributed by atoms with Gasteiger partial charge in [0.25, 0.3) is 0 Å². The van der Waals surface area contributed by atoms with Gasteiger partial charge in [0.2, 0.25) is 0 Å². The lowest BCUT2D eigenvalue weighted by Crippen LogP contribution is -2.29. The fraction of sp³-hybridized carbons (Fsp3) is 1.00.